The molecule has 1 aliphatic rings. The Bertz CT molecular complexity index is 1090. The number of methoxy groups -OCH3 is 1. The normalized spacial score (nSPS) is 13.6. The van der Waals surface area contributed by atoms with Crippen LogP contribution in [0.15, 0.2) is 67.0 Å². The van der Waals surface area contributed by atoms with Crippen LogP contribution in [0.2, 0.25) is 0 Å². The molecule has 7 nitrogen and oxygen atoms in total. The molecule has 0 aliphatic carbocycles. The summed E-state index contributed by atoms with van der Waals surface area (Å²) in [6, 6.07) is 15.6. The van der Waals surface area contributed by atoms with Gasteiger partial charge in [0.15, 0.2) is 0 Å². The molecule has 0 radical (unpaired) electrons. The van der Waals surface area contributed by atoms with Gasteiger partial charge in [0.1, 0.15) is 5.75 Å². The summed E-state index contributed by atoms with van der Waals surface area (Å²) >= 11 is 0. The number of nitrogens with zero attached hydrogens (tertiary/aromatic N) is 1. The lowest BCUT2D eigenvalue weighted by atomic mass is 10.0. The topological polar surface area (TPSA) is 92.4 Å². The van der Waals surface area contributed by atoms with E-state index in [-0.39, 0.29) is 11.9 Å². The predicted molar refractivity (Wildman–Crippen MR) is 113 cm³/mol. The first-order valence-electron chi connectivity index (χ1n) is 8.92. The van der Waals surface area contributed by atoms with Gasteiger partial charge in [-0.05, 0) is 60.2 Å². The summed E-state index contributed by atoms with van der Waals surface area (Å²) in [7, 11) is 1.58. The quantitative estimate of drug-likeness (QED) is 0.585. The summed E-state index contributed by atoms with van der Waals surface area (Å²) < 4.78 is 5.10. The summed E-state index contributed by atoms with van der Waals surface area (Å²) in [6.07, 6.45) is 5.16. The Labute approximate surface area is 167 Å². The monoisotopic (exact) mass is 386 g/mol. The molecule has 0 fully saturated rings. The average Bonchev–Trinajstić information content (AvgIpc) is 3.03. The fraction of sp³-hybridized carbons (Fsp3) is 0.0455. The Morgan fingerprint density at radius 3 is 2.41 bits per heavy atom. The Hall–Kier alpha value is -4.13. The van der Waals surface area contributed by atoms with E-state index in [1.54, 1.807) is 55.9 Å². The third-order valence-electron chi connectivity index (χ3n) is 4.43. The molecule has 2 aromatic carbocycles. The number of carbonyl (C=O) groups is 2. The maximum Gasteiger partial charge on any atom is 0.323 e. The number of benzene rings is 2. The minimum absolute atomic E-state index is 0.184. The maximum absolute atomic E-state index is 12.4. The van der Waals surface area contributed by atoms with Crippen LogP contribution in [0, 0.1) is 0 Å². The molecule has 7 heteroatoms. The first-order valence-corrected chi connectivity index (χ1v) is 8.92. The second-order valence-corrected chi connectivity index (χ2v) is 6.36. The summed E-state index contributed by atoms with van der Waals surface area (Å²) in [5.41, 5.74) is 4.10. The molecule has 3 aromatic rings. The first-order chi connectivity index (χ1) is 14.1. The standard InChI is InChI=1S/C22H18N4O3/c1-29-17-5-2-15(3-6-17)24-22(28)25-16-4-7-18-19(21(27)26-20(18)13-16)12-14-8-10-23-11-9-14/h2-13H,1H3,(H,26,27)(H2,24,25,28)/b19-12-. The highest BCUT2D eigenvalue weighted by molar-refractivity contribution is 6.35. The highest BCUT2D eigenvalue weighted by atomic mass is 16.5. The van der Waals surface area contributed by atoms with Crippen molar-refractivity contribution in [1.82, 2.24) is 4.98 Å². The second-order valence-electron chi connectivity index (χ2n) is 6.36. The van der Waals surface area contributed by atoms with E-state index < -0.39 is 0 Å². The number of rotatable bonds is 4. The van der Waals surface area contributed by atoms with Crippen molar-refractivity contribution in [3.63, 3.8) is 0 Å². The molecule has 2 heterocycles. The van der Waals surface area contributed by atoms with E-state index >= 15 is 0 Å². The molecule has 1 aliphatic heterocycles. The molecule has 29 heavy (non-hydrogen) atoms. The third kappa shape index (κ3) is 4.08. The van der Waals surface area contributed by atoms with Gasteiger partial charge in [0, 0.05) is 34.9 Å². The Kier molecular flexibility index (Phi) is 4.94. The summed E-state index contributed by atoms with van der Waals surface area (Å²) in [4.78, 5) is 28.6. The largest absolute Gasteiger partial charge is 0.497 e. The number of anilines is 3. The van der Waals surface area contributed by atoms with Gasteiger partial charge < -0.3 is 20.7 Å². The molecule has 0 saturated carbocycles. The van der Waals surface area contributed by atoms with Crippen molar-refractivity contribution in [2.24, 2.45) is 0 Å². The van der Waals surface area contributed by atoms with Gasteiger partial charge in [-0.2, -0.15) is 0 Å². The summed E-state index contributed by atoms with van der Waals surface area (Å²) in [6.45, 7) is 0. The molecule has 3 amide bonds. The lowest BCUT2D eigenvalue weighted by molar-refractivity contribution is -0.110. The fourth-order valence-corrected chi connectivity index (χ4v) is 3.01. The highest BCUT2D eigenvalue weighted by Crippen LogP contribution is 2.35. The molecule has 0 bridgehead atoms. The molecule has 4 rings (SSSR count). The SMILES string of the molecule is COc1ccc(NC(=O)Nc2ccc3c(c2)NC(=O)/C3=C\c2ccncc2)cc1. The van der Waals surface area contributed by atoms with E-state index in [2.05, 4.69) is 20.9 Å². The number of hydrogen-bond acceptors (Lipinski definition) is 4. The average molecular weight is 386 g/mol. The molecular weight excluding hydrogens is 368 g/mol. The van der Waals surface area contributed by atoms with Crippen molar-refractivity contribution < 1.29 is 14.3 Å². The van der Waals surface area contributed by atoms with Crippen molar-refractivity contribution in [2.75, 3.05) is 23.1 Å². The van der Waals surface area contributed by atoms with Crippen molar-refractivity contribution in [1.29, 1.82) is 0 Å². The molecular formula is C22H18N4O3. The van der Waals surface area contributed by atoms with Crippen molar-refractivity contribution in [3.05, 3.63) is 78.1 Å². The number of hydrogen-bond donors (Lipinski definition) is 3. The molecule has 0 atom stereocenters. The van der Waals surface area contributed by atoms with Crippen LogP contribution < -0.4 is 20.7 Å². The number of urea groups is 1. The van der Waals surface area contributed by atoms with Gasteiger partial charge >= 0.3 is 6.03 Å². The first kappa shape index (κ1) is 18.2. The van der Waals surface area contributed by atoms with Crippen LogP contribution in [0.1, 0.15) is 11.1 Å². The number of carbonyl (C=O) groups excluding carboxylic acids is 2. The van der Waals surface area contributed by atoms with Crippen LogP contribution >= 0.6 is 0 Å². The highest BCUT2D eigenvalue weighted by Gasteiger charge is 2.24. The number of nitrogens with one attached hydrogen (secondary N) is 3. The van der Waals surface area contributed by atoms with Crippen LogP contribution in [0.3, 0.4) is 0 Å². The number of aromatic nitrogens is 1. The van der Waals surface area contributed by atoms with Crippen molar-refractivity contribution in [2.45, 2.75) is 0 Å². The van der Waals surface area contributed by atoms with E-state index in [0.717, 1.165) is 11.1 Å². The zero-order valence-electron chi connectivity index (χ0n) is 15.6. The van der Waals surface area contributed by atoms with Crippen LogP contribution in [-0.4, -0.2) is 24.0 Å². The Morgan fingerprint density at radius 1 is 1.00 bits per heavy atom. The third-order valence-corrected chi connectivity index (χ3v) is 4.43. The van der Waals surface area contributed by atoms with Crippen molar-refractivity contribution in [3.8, 4) is 5.75 Å². The fourth-order valence-electron chi connectivity index (χ4n) is 3.01. The van der Waals surface area contributed by atoms with Gasteiger partial charge in [-0.3, -0.25) is 9.78 Å². The molecule has 0 saturated heterocycles. The maximum atomic E-state index is 12.4. The number of amides is 3. The molecule has 0 unspecified atom stereocenters. The summed E-state index contributed by atoms with van der Waals surface area (Å²) in [5, 5.41) is 8.35. The lowest BCUT2D eigenvalue weighted by Gasteiger charge is -2.09. The van der Waals surface area contributed by atoms with Gasteiger partial charge in [0.25, 0.3) is 5.91 Å². The van der Waals surface area contributed by atoms with Gasteiger partial charge in [-0.15, -0.1) is 0 Å². The van der Waals surface area contributed by atoms with Crippen molar-refractivity contribution >= 4 is 40.6 Å². The van der Waals surface area contributed by atoms with Crippen LogP contribution in [0.5, 0.6) is 5.75 Å². The lowest BCUT2D eigenvalue weighted by Crippen LogP contribution is -2.19. The molecule has 3 N–H and O–H groups in total. The zero-order valence-corrected chi connectivity index (χ0v) is 15.6. The van der Waals surface area contributed by atoms with E-state index in [1.165, 1.54) is 0 Å². The second kappa shape index (κ2) is 7.85. The van der Waals surface area contributed by atoms with E-state index in [1.807, 2.05) is 24.3 Å². The van der Waals surface area contributed by atoms with E-state index in [4.69, 9.17) is 4.74 Å². The molecule has 0 spiro atoms. The van der Waals surface area contributed by atoms with Gasteiger partial charge in [0.2, 0.25) is 0 Å². The van der Waals surface area contributed by atoms with Gasteiger partial charge in [-0.25, -0.2) is 4.79 Å². The van der Waals surface area contributed by atoms with Crippen LogP contribution in [0.4, 0.5) is 21.9 Å². The minimum Gasteiger partial charge on any atom is -0.497 e. The van der Waals surface area contributed by atoms with Gasteiger partial charge in [-0.1, -0.05) is 6.07 Å². The summed E-state index contributed by atoms with van der Waals surface area (Å²) in [5.74, 6) is 0.526. The Morgan fingerprint density at radius 2 is 1.69 bits per heavy atom. The van der Waals surface area contributed by atoms with E-state index in [9.17, 15) is 9.59 Å². The molecule has 1 aromatic heterocycles. The van der Waals surface area contributed by atoms with E-state index in [0.29, 0.717) is 28.4 Å². The minimum atomic E-state index is -0.382. The zero-order chi connectivity index (χ0) is 20.2. The number of ether oxygens (including phenoxy) is 1. The van der Waals surface area contributed by atoms with Crippen LogP contribution in [0.25, 0.3) is 11.6 Å². The number of fused-ring (bicyclic) bond motifs is 1. The number of pyridine rings is 1. The molecule has 144 valence electrons. The van der Waals surface area contributed by atoms with Crippen LogP contribution in [-0.2, 0) is 4.79 Å². The smallest absolute Gasteiger partial charge is 0.323 e. The Balaban J connectivity index is 1.48. The van der Waals surface area contributed by atoms with Gasteiger partial charge in [0.05, 0.1) is 12.8 Å². The predicted octanol–water partition coefficient (Wildman–Crippen LogP) is 4.23.